The van der Waals surface area contributed by atoms with Crippen LogP contribution in [-0.2, 0) is 4.79 Å². The summed E-state index contributed by atoms with van der Waals surface area (Å²) in [5.74, 6) is 1.56. The van der Waals surface area contributed by atoms with E-state index in [-0.39, 0.29) is 18.4 Å². The van der Waals surface area contributed by atoms with Crippen molar-refractivity contribution in [1.29, 1.82) is 0 Å². The van der Waals surface area contributed by atoms with Crippen LogP contribution in [-0.4, -0.2) is 29.1 Å². The molecule has 2 bridgehead atoms. The van der Waals surface area contributed by atoms with Gasteiger partial charge in [-0.3, -0.25) is 4.79 Å². The van der Waals surface area contributed by atoms with E-state index in [1.165, 1.54) is 0 Å². The smallest absolute Gasteiger partial charge is 0.231 e. The number of nitrogens with zero attached hydrogens (tertiary/aromatic N) is 1. The van der Waals surface area contributed by atoms with Crippen molar-refractivity contribution < 1.29 is 9.90 Å². The largest absolute Gasteiger partial charge is 0.395 e. The summed E-state index contributed by atoms with van der Waals surface area (Å²) in [5.41, 5.74) is 0.927. The first-order valence-electron chi connectivity index (χ1n) is 5.53. The van der Waals surface area contributed by atoms with E-state index in [1.807, 2.05) is 0 Å². The van der Waals surface area contributed by atoms with Gasteiger partial charge in [0.2, 0.25) is 5.91 Å². The number of β-amino-alcohol motifs (C(OH)–C–C–N with tert-alkyl or cyclic N) is 1. The van der Waals surface area contributed by atoms with Crippen LogP contribution in [0.1, 0.15) is 6.42 Å². The van der Waals surface area contributed by atoms with Crippen LogP contribution in [0.3, 0.4) is 0 Å². The predicted octanol–water partition coefficient (Wildman–Crippen LogP) is 0.773. The number of hydrogen-bond donors (Lipinski definition) is 1. The monoisotopic (exact) mass is 205 g/mol. The molecular weight excluding hydrogens is 190 g/mol. The first kappa shape index (κ1) is 9.16. The molecule has 0 unspecified atom stereocenters. The van der Waals surface area contributed by atoms with Crippen molar-refractivity contribution >= 4 is 5.91 Å². The number of aliphatic hydroxyl groups excluding tert-OH is 1. The molecule has 15 heavy (non-hydrogen) atoms. The molecule has 2 aliphatic carbocycles. The third-order valence-electron chi connectivity index (χ3n) is 4.07. The minimum atomic E-state index is 0.0208. The molecule has 2 fully saturated rings. The predicted molar refractivity (Wildman–Crippen MR) is 55.7 cm³/mol. The van der Waals surface area contributed by atoms with Gasteiger partial charge in [0.15, 0.2) is 0 Å². The van der Waals surface area contributed by atoms with Gasteiger partial charge >= 0.3 is 0 Å². The van der Waals surface area contributed by atoms with E-state index in [1.54, 1.807) is 4.90 Å². The molecule has 3 nitrogen and oxygen atoms in total. The number of rotatable bonds is 2. The number of amides is 1. The van der Waals surface area contributed by atoms with Crippen molar-refractivity contribution in [3.8, 4) is 0 Å². The van der Waals surface area contributed by atoms with Gasteiger partial charge in [-0.2, -0.15) is 0 Å². The second-order valence-corrected chi connectivity index (χ2v) is 4.70. The third-order valence-corrected chi connectivity index (χ3v) is 4.07. The minimum absolute atomic E-state index is 0.0208. The first-order valence-corrected chi connectivity index (χ1v) is 5.53. The van der Waals surface area contributed by atoms with E-state index < -0.39 is 0 Å². The van der Waals surface area contributed by atoms with Crippen molar-refractivity contribution in [3.05, 3.63) is 24.4 Å². The highest BCUT2D eigenvalue weighted by Crippen LogP contribution is 2.55. The number of carbonyl (C=O) groups is 1. The molecule has 1 aliphatic heterocycles. The van der Waals surface area contributed by atoms with Gasteiger partial charge in [-0.1, -0.05) is 18.7 Å². The summed E-state index contributed by atoms with van der Waals surface area (Å²) in [5, 5.41) is 8.92. The van der Waals surface area contributed by atoms with Crippen molar-refractivity contribution in [1.82, 2.24) is 4.90 Å². The molecule has 1 N–H and O–H groups in total. The van der Waals surface area contributed by atoms with E-state index in [2.05, 4.69) is 18.7 Å². The topological polar surface area (TPSA) is 40.5 Å². The lowest BCUT2D eigenvalue weighted by Crippen LogP contribution is -2.30. The number of hydrogen-bond acceptors (Lipinski definition) is 2. The molecule has 80 valence electrons. The Kier molecular flexibility index (Phi) is 1.80. The van der Waals surface area contributed by atoms with Gasteiger partial charge < -0.3 is 10.0 Å². The average Bonchev–Trinajstić information content (AvgIpc) is 2.87. The number of fused-ring (bicyclic) bond motifs is 5. The fourth-order valence-electron chi connectivity index (χ4n) is 3.47. The molecule has 4 atom stereocenters. The highest BCUT2D eigenvalue weighted by atomic mass is 16.3. The molecule has 0 radical (unpaired) electrons. The van der Waals surface area contributed by atoms with Crippen LogP contribution in [0.5, 0.6) is 0 Å². The number of aliphatic hydroxyl groups is 1. The summed E-state index contributed by atoms with van der Waals surface area (Å²) < 4.78 is 0. The fraction of sp³-hybridized carbons (Fsp3) is 0.583. The number of allylic oxidation sites excluding steroid dienone is 3. The molecule has 3 aliphatic rings. The molecule has 0 spiro atoms. The molecule has 0 aromatic heterocycles. The Labute approximate surface area is 89.1 Å². The highest BCUT2D eigenvalue weighted by molar-refractivity contribution is 5.86. The second kappa shape index (κ2) is 2.95. The van der Waals surface area contributed by atoms with Crippen LogP contribution >= 0.6 is 0 Å². The van der Waals surface area contributed by atoms with Gasteiger partial charge in [0.25, 0.3) is 0 Å². The lowest BCUT2D eigenvalue weighted by molar-refractivity contribution is -0.131. The molecule has 3 heteroatoms. The van der Waals surface area contributed by atoms with Crippen LogP contribution in [0.4, 0.5) is 0 Å². The van der Waals surface area contributed by atoms with Crippen molar-refractivity contribution in [3.63, 3.8) is 0 Å². The SMILES string of the molecule is C=C1[C@H]2[C@@H](C(=O)N1CCO)[C@@H]1C=C[C@H]2C1. The summed E-state index contributed by atoms with van der Waals surface area (Å²) in [4.78, 5) is 13.8. The first-order chi connectivity index (χ1) is 7.24. The number of carbonyl (C=O) groups excluding carboxylic acids is 1. The standard InChI is InChI=1S/C12H15NO2/c1-7-10-8-2-3-9(6-8)11(10)12(15)13(7)4-5-14/h2-3,8-11,14H,1,4-6H2/t8-,9+,10+,11-/m0/s1. The van der Waals surface area contributed by atoms with Gasteiger partial charge in [-0.15, -0.1) is 0 Å². The molecule has 1 heterocycles. The maximum Gasteiger partial charge on any atom is 0.231 e. The normalized spacial score (nSPS) is 41.8. The zero-order chi connectivity index (χ0) is 10.6. The summed E-state index contributed by atoms with van der Waals surface area (Å²) in [6.07, 6.45) is 5.53. The van der Waals surface area contributed by atoms with Crippen LogP contribution in [0.25, 0.3) is 0 Å². The van der Waals surface area contributed by atoms with Gasteiger partial charge in [0, 0.05) is 18.2 Å². The Hall–Kier alpha value is -1.09. The average molecular weight is 205 g/mol. The van der Waals surface area contributed by atoms with Crippen molar-refractivity contribution in [2.45, 2.75) is 6.42 Å². The summed E-state index contributed by atoms with van der Waals surface area (Å²) in [7, 11) is 0. The van der Waals surface area contributed by atoms with E-state index in [0.29, 0.717) is 24.3 Å². The van der Waals surface area contributed by atoms with Crippen molar-refractivity contribution in [2.75, 3.05) is 13.2 Å². The Morgan fingerprint density at radius 3 is 2.67 bits per heavy atom. The maximum absolute atomic E-state index is 12.1. The summed E-state index contributed by atoms with van der Waals surface area (Å²) in [6, 6.07) is 0. The fourth-order valence-corrected chi connectivity index (χ4v) is 3.47. The molecular formula is C12H15NO2. The second-order valence-electron chi connectivity index (χ2n) is 4.70. The lowest BCUT2D eigenvalue weighted by Gasteiger charge is -2.20. The van der Waals surface area contributed by atoms with E-state index in [4.69, 9.17) is 5.11 Å². The molecule has 1 saturated carbocycles. The summed E-state index contributed by atoms with van der Waals surface area (Å²) in [6.45, 7) is 4.45. The van der Waals surface area contributed by atoms with E-state index in [9.17, 15) is 4.79 Å². The lowest BCUT2D eigenvalue weighted by atomic mass is 9.84. The quantitative estimate of drug-likeness (QED) is 0.676. The Bertz CT molecular complexity index is 331. The Balaban J connectivity index is 1.93. The Morgan fingerprint density at radius 2 is 2.07 bits per heavy atom. The van der Waals surface area contributed by atoms with Gasteiger partial charge in [-0.05, 0) is 18.3 Å². The number of likely N-dealkylation sites (tertiary alicyclic amines) is 1. The highest BCUT2D eigenvalue weighted by Gasteiger charge is 2.55. The maximum atomic E-state index is 12.1. The molecule has 3 rings (SSSR count). The molecule has 0 aromatic carbocycles. The van der Waals surface area contributed by atoms with Gasteiger partial charge in [-0.25, -0.2) is 0 Å². The minimum Gasteiger partial charge on any atom is -0.395 e. The van der Waals surface area contributed by atoms with Gasteiger partial charge in [0.1, 0.15) is 0 Å². The van der Waals surface area contributed by atoms with Crippen LogP contribution in [0, 0.1) is 23.7 Å². The Morgan fingerprint density at radius 1 is 1.40 bits per heavy atom. The van der Waals surface area contributed by atoms with E-state index in [0.717, 1.165) is 12.1 Å². The zero-order valence-electron chi connectivity index (χ0n) is 8.60. The third kappa shape index (κ3) is 1.01. The van der Waals surface area contributed by atoms with Crippen LogP contribution in [0.2, 0.25) is 0 Å². The summed E-state index contributed by atoms with van der Waals surface area (Å²) >= 11 is 0. The van der Waals surface area contributed by atoms with Gasteiger partial charge in [0.05, 0.1) is 12.5 Å². The van der Waals surface area contributed by atoms with Crippen LogP contribution < -0.4 is 0 Å². The zero-order valence-corrected chi connectivity index (χ0v) is 8.60. The van der Waals surface area contributed by atoms with E-state index >= 15 is 0 Å². The molecule has 0 aromatic rings. The van der Waals surface area contributed by atoms with Crippen LogP contribution in [0.15, 0.2) is 24.4 Å². The molecule has 1 saturated heterocycles. The van der Waals surface area contributed by atoms with Crippen molar-refractivity contribution in [2.24, 2.45) is 23.7 Å². The molecule has 1 amide bonds.